The van der Waals surface area contributed by atoms with Crippen molar-refractivity contribution in [3.63, 3.8) is 0 Å². The lowest BCUT2D eigenvalue weighted by atomic mass is 9.87. The number of alkyl halides is 3. The molecule has 2 aromatic rings. The van der Waals surface area contributed by atoms with Crippen molar-refractivity contribution in [1.82, 2.24) is 0 Å². The van der Waals surface area contributed by atoms with E-state index in [1.165, 1.54) is 18.2 Å². The molecule has 3 rings (SSSR count). The molecule has 28 heavy (non-hydrogen) atoms. The third-order valence-electron chi connectivity index (χ3n) is 4.24. The fourth-order valence-electron chi connectivity index (χ4n) is 2.83. The Bertz CT molecular complexity index is 1100. The maximum atomic E-state index is 14.0. The number of halogens is 4. The normalized spacial score (nSPS) is 17.5. The number of allylic oxidation sites excluding steroid dienone is 4. The van der Waals surface area contributed by atoms with Crippen LogP contribution in [0.25, 0.3) is 5.57 Å². The summed E-state index contributed by atoms with van der Waals surface area (Å²) in [6.07, 6.45) is 0.542. The van der Waals surface area contributed by atoms with Crippen molar-refractivity contribution >= 4 is 32.7 Å². The van der Waals surface area contributed by atoms with Gasteiger partial charge < -0.3 is 0 Å². The highest BCUT2D eigenvalue weighted by atomic mass is 32.2. The summed E-state index contributed by atoms with van der Waals surface area (Å²) < 4.78 is 74.7. The van der Waals surface area contributed by atoms with Gasteiger partial charge >= 0.3 is 6.18 Å². The Labute approximate surface area is 164 Å². The van der Waals surface area contributed by atoms with Crippen molar-refractivity contribution in [3.8, 4) is 0 Å². The summed E-state index contributed by atoms with van der Waals surface area (Å²) >= 11 is 5.35. The van der Waals surface area contributed by atoms with Crippen LogP contribution < -0.4 is 5.14 Å². The number of hydrogen-bond acceptors (Lipinski definition) is 3. The average molecular weight is 427 g/mol. The van der Waals surface area contributed by atoms with Gasteiger partial charge in [0.2, 0.25) is 10.0 Å². The second-order valence-corrected chi connectivity index (χ2v) is 8.15. The summed E-state index contributed by atoms with van der Waals surface area (Å²) in [4.78, 5) is -0.171. The third kappa shape index (κ3) is 4.21. The van der Waals surface area contributed by atoms with E-state index in [4.69, 9.17) is 17.4 Å². The van der Waals surface area contributed by atoms with E-state index in [9.17, 15) is 26.0 Å². The molecule has 0 bridgehead atoms. The molecule has 1 aliphatic carbocycles. The number of hydrogen-bond donors (Lipinski definition) is 1. The first-order valence-electron chi connectivity index (χ1n) is 7.90. The second kappa shape index (κ2) is 7.23. The molecule has 3 nitrogen and oxygen atoms in total. The quantitative estimate of drug-likeness (QED) is 0.575. The Hall–Kier alpha value is -2.36. The minimum atomic E-state index is -4.41. The maximum absolute atomic E-state index is 14.0. The van der Waals surface area contributed by atoms with Gasteiger partial charge in [-0.15, -0.1) is 0 Å². The monoisotopic (exact) mass is 427 g/mol. The first kappa shape index (κ1) is 20.4. The van der Waals surface area contributed by atoms with Gasteiger partial charge in [-0.3, -0.25) is 0 Å². The lowest BCUT2D eigenvalue weighted by molar-refractivity contribution is -0.137. The van der Waals surface area contributed by atoms with Gasteiger partial charge in [-0.1, -0.05) is 42.6 Å². The van der Waals surface area contributed by atoms with Crippen molar-refractivity contribution in [2.45, 2.75) is 17.0 Å². The molecule has 1 aliphatic rings. The summed E-state index contributed by atoms with van der Waals surface area (Å²) in [7, 11) is -4.17. The molecule has 0 radical (unpaired) electrons. The lowest BCUT2D eigenvalue weighted by Gasteiger charge is -2.19. The summed E-state index contributed by atoms with van der Waals surface area (Å²) in [5, 5.41) is 4.94. The minimum absolute atomic E-state index is 0.394. The lowest BCUT2D eigenvalue weighted by Crippen LogP contribution is -2.14. The Morgan fingerprint density at radius 1 is 1.04 bits per heavy atom. The molecular weight excluding hydrogens is 414 g/mol. The zero-order valence-corrected chi connectivity index (χ0v) is 15.7. The van der Waals surface area contributed by atoms with Crippen LogP contribution in [0.4, 0.5) is 17.6 Å². The van der Waals surface area contributed by atoms with Gasteiger partial charge in [0, 0.05) is 10.8 Å². The molecule has 0 amide bonds. The molecule has 146 valence electrons. The molecule has 0 heterocycles. The van der Waals surface area contributed by atoms with E-state index >= 15 is 0 Å². The van der Waals surface area contributed by atoms with Crippen LogP contribution in [0.2, 0.25) is 0 Å². The van der Waals surface area contributed by atoms with Crippen LogP contribution in [0.3, 0.4) is 0 Å². The van der Waals surface area contributed by atoms with Gasteiger partial charge in [0.15, 0.2) is 0 Å². The van der Waals surface area contributed by atoms with Crippen LogP contribution in [0.5, 0.6) is 0 Å². The first-order valence-corrected chi connectivity index (χ1v) is 9.86. The molecular formula is C19H13F4NO2S2. The highest BCUT2D eigenvalue weighted by Gasteiger charge is 2.30. The van der Waals surface area contributed by atoms with Crippen molar-refractivity contribution in [2.24, 2.45) is 5.14 Å². The van der Waals surface area contributed by atoms with E-state index in [0.29, 0.717) is 21.6 Å². The molecule has 2 N–H and O–H groups in total. The van der Waals surface area contributed by atoms with Crippen LogP contribution in [0.1, 0.15) is 22.6 Å². The standard InChI is InChI=1S/C19H13F4NO2S2/c20-16-9-12(4-8-18(16)28(24,25)26)13-3-7-15(17(27)10-13)11-1-5-14(6-2-11)19(21,22)23/h1-10,15H,(H2,24,25,26). The molecule has 1 unspecified atom stereocenters. The fourth-order valence-corrected chi connectivity index (χ4v) is 3.76. The summed E-state index contributed by atoms with van der Waals surface area (Å²) in [6, 6.07) is 8.22. The predicted octanol–water partition coefficient (Wildman–Crippen LogP) is 4.60. The first-order chi connectivity index (χ1) is 13.0. The topological polar surface area (TPSA) is 60.2 Å². The molecule has 0 saturated heterocycles. The number of rotatable bonds is 3. The van der Waals surface area contributed by atoms with Gasteiger partial charge in [0.25, 0.3) is 0 Å². The number of nitrogens with two attached hydrogens (primary N) is 1. The van der Waals surface area contributed by atoms with E-state index in [1.54, 1.807) is 18.2 Å². The Morgan fingerprint density at radius 2 is 1.68 bits per heavy atom. The molecule has 0 aliphatic heterocycles. The van der Waals surface area contributed by atoms with Gasteiger partial charge in [-0.2, -0.15) is 13.2 Å². The number of benzene rings is 2. The molecule has 1 atom stereocenters. The van der Waals surface area contributed by atoms with E-state index in [2.05, 4.69) is 0 Å². The molecule has 0 aromatic heterocycles. The minimum Gasteiger partial charge on any atom is -0.225 e. The van der Waals surface area contributed by atoms with Gasteiger partial charge in [0.05, 0.1) is 5.56 Å². The van der Waals surface area contributed by atoms with E-state index in [0.717, 1.165) is 24.3 Å². The van der Waals surface area contributed by atoms with Crippen LogP contribution >= 0.6 is 12.2 Å². The Balaban J connectivity index is 1.86. The van der Waals surface area contributed by atoms with E-state index < -0.39 is 38.4 Å². The summed E-state index contributed by atoms with van der Waals surface area (Å²) in [5.41, 5.74) is 0.798. The molecule has 0 fully saturated rings. The Morgan fingerprint density at radius 3 is 2.18 bits per heavy atom. The zero-order valence-electron chi connectivity index (χ0n) is 14.1. The molecule has 0 saturated carbocycles. The smallest absolute Gasteiger partial charge is 0.225 e. The van der Waals surface area contributed by atoms with Gasteiger partial charge in [-0.05, 0) is 47.0 Å². The molecule has 0 spiro atoms. The van der Waals surface area contributed by atoms with E-state index in [1.807, 2.05) is 0 Å². The fraction of sp³-hybridized carbons (Fsp3) is 0.105. The largest absolute Gasteiger partial charge is 0.416 e. The van der Waals surface area contributed by atoms with Gasteiger partial charge in [-0.25, -0.2) is 17.9 Å². The number of sulfonamides is 1. The highest BCUT2D eigenvalue weighted by molar-refractivity contribution is 7.89. The van der Waals surface area contributed by atoms with Crippen molar-refractivity contribution in [2.75, 3.05) is 0 Å². The predicted molar refractivity (Wildman–Crippen MR) is 102 cm³/mol. The third-order valence-corrected chi connectivity index (χ3v) is 5.56. The van der Waals surface area contributed by atoms with Crippen LogP contribution in [0, 0.1) is 5.82 Å². The van der Waals surface area contributed by atoms with Crippen molar-refractivity contribution < 1.29 is 26.0 Å². The van der Waals surface area contributed by atoms with Crippen LogP contribution in [0.15, 0.2) is 65.6 Å². The summed E-state index contributed by atoms with van der Waals surface area (Å²) in [5.74, 6) is -1.38. The van der Waals surface area contributed by atoms with Crippen molar-refractivity contribution in [1.29, 1.82) is 0 Å². The zero-order chi connectivity index (χ0) is 20.7. The second-order valence-electron chi connectivity index (χ2n) is 6.15. The maximum Gasteiger partial charge on any atom is 0.416 e. The SMILES string of the molecule is NS(=O)(=O)c1ccc(C2=CC(=S)C(c3ccc(C(F)(F)F)cc3)C=C2)cc1F. The van der Waals surface area contributed by atoms with Crippen LogP contribution in [-0.4, -0.2) is 13.3 Å². The van der Waals surface area contributed by atoms with Crippen molar-refractivity contribution in [3.05, 3.63) is 83.2 Å². The average Bonchev–Trinajstić information content (AvgIpc) is 2.60. The molecule has 9 heteroatoms. The Kier molecular flexibility index (Phi) is 5.26. The number of thiocarbonyl (C=S) groups is 1. The van der Waals surface area contributed by atoms with Gasteiger partial charge in [0.1, 0.15) is 10.7 Å². The summed E-state index contributed by atoms with van der Waals surface area (Å²) in [6.45, 7) is 0. The van der Waals surface area contributed by atoms with Crippen LogP contribution in [-0.2, 0) is 16.2 Å². The molecule has 2 aromatic carbocycles. The van der Waals surface area contributed by atoms with E-state index in [-0.39, 0.29) is 0 Å². The highest BCUT2D eigenvalue weighted by Crippen LogP contribution is 2.33. The number of primary sulfonamides is 1.